The van der Waals surface area contributed by atoms with Gasteiger partial charge < -0.3 is 5.32 Å². The van der Waals surface area contributed by atoms with Gasteiger partial charge in [-0.1, -0.05) is 45.4 Å². The maximum Gasteiger partial charge on any atom is 0.0708 e. The Morgan fingerprint density at radius 2 is 1.95 bits per heavy atom. The molecule has 21 heavy (non-hydrogen) atoms. The molecule has 0 fully saturated rings. The number of benzene rings is 1. The van der Waals surface area contributed by atoms with E-state index in [1.54, 1.807) is 0 Å². The number of aromatic nitrogens is 1. The SMILES string of the molecule is CCCNC(CC(C)CC)c1cc(C)nc2ccccc12. The molecular weight excluding hydrogens is 256 g/mol. The molecule has 2 aromatic rings. The quantitative estimate of drug-likeness (QED) is 0.772. The zero-order valence-corrected chi connectivity index (χ0v) is 13.8. The van der Waals surface area contributed by atoms with Gasteiger partial charge in [0, 0.05) is 17.1 Å². The first kappa shape index (κ1) is 16.0. The van der Waals surface area contributed by atoms with E-state index in [0.29, 0.717) is 6.04 Å². The van der Waals surface area contributed by atoms with Crippen LogP contribution in [0.15, 0.2) is 30.3 Å². The summed E-state index contributed by atoms with van der Waals surface area (Å²) in [5.74, 6) is 0.728. The Morgan fingerprint density at radius 3 is 2.67 bits per heavy atom. The third-order valence-electron chi connectivity index (χ3n) is 4.23. The van der Waals surface area contributed by atoms with Crippen molar-refractivity contribution in [3.8, 4) is 0 Å². The summed E-state index contributed by atoms with van der Waals surface area (Å²) in [6, 6.07) is 11.2. The van der Waals surface area contributed by atoms with Crippen molar-refractivity contribution in [2.75, 3.05) is 6.54 Å². The largest absolute Gasteiger partial charge is 0.310 e. The molecule has 0 radical (unpaired) electrons. The predicted molar refractivity (Wildman–Crippen MR) is 91.6 cm³/mol. The van der Waals surface area contributed by atoms with E-state index < -0.39 is 0 Å². The molecule has 0 amide bonds. The standard InChI is InChI=1S/C19H28N2/c1-5-11-20-19(12-14(3)6-2)17-13-15(4)21-18-10-8-7-9-16(17)18/h7-10,13-14,19-20H,5-6,11-12H2,1-4H3. The van der Waals surface area contributed by atoms with E-state index >= 15 is 0 Å². The summed E-state index contributed by atoms with van der Waals surface area (Å²) in [4.78, 5) is 4.67. The second-order valence-corrected chi connectivity index (χ2v) is 6.13. The highest BCUT2D eigenvalue weighted by Crippen LogP contribution is 2.29. The fourth-order valence-electron chi connectivity index (χ4n) is 2.84. The first-order valence-electron chi connectivity index (χ1n) is 8.25. The molecule has 2 heteroatoms. The lowest BCUT2D eigenvalue weighted by molar-refractivity contribution is 0.404. The van der Waals surface area contributed by atoms with Crippen LogP contribution in [0.1, 0.15) is 57.3 Å². The van der Waals surface area contributed by atoms with Crippen molar-refractivity contribution < 1.29 is 0 Å². The molecule has 2 unspecified atom stereocenters. The number of para-hydroxylation sites is 1. The van der Waals surface area contributed by atoms with Crippen molar-refractivity contribution in [2.45, 2.75) is 53.0 Å². The number of fused-ring (bicyclic) bond motifs is 1. The normalized spacial score (nSPS) is 14.3. The summed E-state index contributed by atoms with van der Waals surface area (Å²) >= 11 is 0. The maximum atomic E-state index is 4.67. The molecule has 2 rings (SSSR count). The molecule has 0 spiro atoms. The lowest BCUT2D eigenvalue weighted by atomic mass is 9.91. The number of hydrogen-bond acceptors (Lipinski definition) is 2. The Kier molecular flexibility index (Phi) is 5.75. The molecule has 0 aliphatic rings. The van der Waals surface area contributed by atoms with Gasteiger partial charge in [-0.05, 0) is 49.9 Å². The summed E-state index contributed by atoms with van der Waals surface area (Å²) < 4.78 is 0. The molecule has 2 atom stereocenters. The highest BCUT2D eigenvalue weighted by Gasteiger charge is 2.17. The van der Waals surface area contributed by atoms with Crippen molar-refractivity contribution in [2.24, 2.45) is 5.92 Å². The van der Waals surface area contributed by atoms with Crippen LogP contribution in [0.5, 0.6) is 0 Å². The molecular formula is C19H28N2. The van der Waals surface area contributed by atoms with E-state index in [1.807, 2.05) is 0 Å². The number of hydrogen-bond donors (Lipinski definition) is 1. The van der Waals surface area contributed by atoms with Gasteiger partial charge >= 0.3 is 0 Å². The fraction of sp³-hybridized carbons (Fsp3) is 0.526. The van der Waals surface area contributed by atoms with Gasteiger partial charge in [-0.3, -0.25) is 4.98 Å². The monoisotopic (exact) mass is 284 g/mol. The van der Waals surface area contributed by atoms with Gasteiger partial charge in [-0.15, -0.1) is 0 Å². The van der Waals surface area contributed by atoms with Gasteiger partial charge in [0.1, 0.15) is 0 Å². The zero-order chi connectivity index (χ0) is 15.2. The molecule has 1 N–H and O–H groups in total. The van der Waals surface area contributed by atoms with Gasteiger partial charge in [0.25, 0.3) is 0 Å². The lowest BCUT2D eigenvalue weighted by Gasteiger charge is -2.24. The minimum absolute atomic E-state index is 0.423. The highest BCUT2D eigenvalue weighted by atomic mass is 14.9. The van der Waals surface area contributed by atoms with Crippen LogP contribution in [0.3, 0.4) is 0 Å². The average molecular weight is 284 g/mol. The molecule has 1 aromatic carbocycles. The minimum atomic E-state index is 0.423. The van der Waals surface area contributed by atoms with Crippen molar-refractivity contribution in [3.63, 3.8) is 0 Å². The molecule has 0 aliphatic carbocycles. The molecule has 114 valence electrons. The van der Waals surface area contributed by atoms with E-state index in [-0.39, 0.29) is 0 Å². The number of nitrogens with one attached hydrogen (secondary N) is 1. The molecule has 2 nitrogen and oxygen atoms in total. The van der Waals surface area contributed by atoms with Gasteiger partial charge in [0.2, 0.25) is 0 Å². The lowest BCUT2D eigenvalue weighted by Crippen LogP contribution is -2.24. The summed E-state index contributed by atoms with van der Waals surface area (Å²) in [7, 11) is 0. The minimum Gasteiger partial charge on any atom is -0.310 e. The first-order chi connectivity index (χ1) is 10.2. The Bertz CT molecular complexity index is 577. The van der Waals surface area contributed by atoms with Gasteiger partial charge in [-0.2, -0.15) is 0 Å². The van der Waals surface area contributed by atoms with Crippen LogP contribution in [0.25, 0.3) is 10.9 Å². The second-order valence-electron chi connectivity index (χ2n) is 6.13. The Balaban J connectivity index is 2.42. The predicted octanol–water partition coefficient (Wildman–Crippen LogP) is 5.02. The fourth-order valence-corrected chi connectivity index (χ4v) is 2.84. The van der Waals surface area contributed by atoms with E-state index in [9.17, 15) is 0 Å². The molecule has 1 aromatic heterocycles. The number of pyridine rings is 1. The van der Waals surface area contributed by atoms with E-state index in [2.05, 4.69) is 68.3 Å². The van der Waals surface area contributed by atoms with Gasteiger partial charge in [0.05, 0.1) is 5.52 Å². The van der Waals surface area contributed by atoms with Crippen LogP contribution < -0.4 is 5.32 Å². The van der Waals surface area contributed by atoms with Gasteiger partial charge in [0.15, 0.2) is 0 Å². The smallest absolute Gasteiger partial charge is 0.0708 e. The van der Waals surface area contributed by atoms with Crippen molar-refractivity contribution >= 4 is 10.9 Å². The second kappa shape index (κ2) is 7.56. The third-order valence-corrected chi connectivity index (χ3v) is 4.23. The van der Waals surface area contributed by atoms with Crippen LogP contribution in [0.2, 0.25) is 0 Å². The third kappa shape index (κ3) is 4.04. The zero-order valence-electron chi connectivity index (χ0n) is 13.8. The highest BCUT2D eigenvalue weighted by molar-refractivity contribution is 5.82. The topological polar surface area (TPSA) is 24.9 Å². The summed E-state index contributed by atoms with van der Waals surface area (Å²) in [6.07, 6.45) is 3.58. The first-order valence-corrected chi connectivity index (χ1v) is 8.25. The molecule has 0 aliphatic heterocycles. The number of rotatable bonds is 7. The van der Waals surface area contributed by atoms with Crippen LogP contribution in [0.4, 0.5) is 0 Å². The molecule has 0 saturated heterocycles. The average Bonchev–Trinajstić information content (AvgIpc) is 2.50. The van der Waals surface area contributed by atoms with Crippen LogP contribution >= 0.6 is 0 Å². The molecule has 0 bridgehead atoms. The number of nitrogens with zero attached hydrogens (tertiary/aromatic N) is 1. The maximum absolute atomic E-state index is 4.67. The summed E-state index contributed by atoms with van der Waals surface area (Å²) in [5, 5.41) is 5.03. The van der Waals surface area contributed by atoms with Crippen LogP contribution in [-0.2, 0) is 0 Å². The number of aryl methyl sites for hydroxylation is 1. The summed E-state index contributed by atoms with van der Waals surface area (Å²) in [6.45, 7) is 10.0. The Labute approximate surface area is 129 Å². The van der Waals surface area contributed by atoms with E-state index in [4.69, 9.17) is 0 Å². The van der Waals surface area contributed by atoms with Gasteiger partial charge in [-0.25, -0.2) is 0 Å². The molecule has 1 heterocycles. The van der Waals surface area contributed by atoms with E-state index in [0.717, 1.165) is 23.7 Å². The van der Waals surface area contributed by atoms with Crippen molar-refractivity contribution in [3.05, 3.63) is 41.6 Å². The molecule has 0 saturated carbocycles. The van der Waals surface area contributed by atoms with Crippen molar-refractivity contribution in [1.82, 2.24) is 10.3 Å². The van der Waals surface area contributed by atoms with Crippen LogP contribution in [0, 0.1) is 12.8 Å². The van der Waals surface area contributed by atoms with Crippen LogP contribution in [-0.4, -0.2) is 11.5 Å². The van der Waals surface area contributed by atoms with Crippen molar-refractivity contribution in [1.29, 1.82) is 0 Å². The van der Waals surface area contributed by atoms with E-state index in [1.165, 1.54) is 30.2 Å². The Morgan fingerprint density at radius 1 is 1.19 bits per heavy atom. The Hall–Kier alpha value is -1.41. The summed E-state index contributed by atoms with van der Waals surface area (Å²) in [5.41, 5.74) is 3.63.